The molecule has 0 spiro atoms. The predicted molar refractivity (Wildman–Crippen MR) is 69.4 cm³/mol. The quantitative estimate of drug-likeness (QED) is 0.617. The highest BCUT2D eigenvalue weighted by molar-refractivity contribution is 5.94. The molecule has 5 nitrogen and oxygen atoms in total. The highest BCUT2D eigenvalue weighted by Gasteiger charge is 2.24. The first-order valence-electron chi connectivity index (χ1n) is 6.16. The Labute approximate surface area is 115 Å². The molecule has 110 valence electrons. The summed E-state index contributed by atoms with van der Waals surface area (Å²) in [4.78, 5) is 22.7. The van der Waals surface area contributed by atoms with Crippen LogP contribution in [0.25, 0.3) is 0 Å². The van der Waals surface area contributed by atoms with Crippen molar-refractivity contribution in [2.45, 2.75) is 20.3 Å². The van der Waals surface area contributed by atoms with E-state index in [1.807, 2.05) is 13.8 Å². The molecule has 1 unspecified atom stereocenters. The molecule has 20 heavy (non-hydrogen) atoms. The molecule has 0 aromatic heterocycles. The van der Waals surface area contributed by atoms with Crippen molar-refractivity contribution in [2.24, 2.45) is 5.92 Å². The van der Waals surface area contributed by atoms with Gasteiger partial charge in [-0.15, -0.1) is 0 Å². The van der Waals surface area contributed by atoms with Crippen molar-refractivity contribution >= 4 is 11.6 Å². The molecule has 0 aliphatic rings. The second-order valence-electron chi connectivity index (χ2n) is 4.74. The van der Waals surface area contributed by atoms with Crippen molar-refractivity contribution in [3.05, 3.63) is 39.4 Å². The molecule has 0 N–H and O–H groups in total. The summed E-state index contributed by atoms with van der Waals surface area (Å²) in [6, 6.07) is 1.00. The number of nitro benzene ring substituents is 1. The molecule has 0 saturated carbocycles. The Bertz CT molecular complexity index is 535. The van der Waals surface area contributed by atoms with Crippen LogP contribution in [-0.4, -0.2) is 29.3 Å². The molecule has 0 radical (unpaired) electrons. The lowest BCUT2D eigenvalue weighted by Crippen LogP contribution is -2.31. The van der Waals surface area contributed by atoms with E-state index < -0.39 is 33.7 Å². The minimum atomic E-state index is -1.23. The summed E-state index contributed by atoms with van der Waals surface area (Å²) >= 11 is 0. The second kappa shape index (κ2) is 6.40. The van der Waals surface area contributed by atoms with Crippen molar-refractivity contribution in [3.8, 4) is 0 Å². The van der Waals surface area contributed by atoms with Crippen molar-refractivity contribution in [1.29, 1.82) is 0 Å². The molecule has 1 aromatic carbocycles. The summed E-state index contributed by atoms with van der Waals surface area (Å²) in [7, 11) is 1.48. The Morgan fingerprint density at radius 1 is 1.40 bits per heavy atom. The second-order valence-corrected chi connectivity index (χ2v) is 4.74. The third kappa shape index (κ3) is 3.49. The van der Waals surface area contributed by atoms with Gasteiger partial charge in [0.05, 0.1) is 16.6 Å². The van der Waals surface area contributed by atoms with E-state index in [1.54, 1.807) is 0 Å². The Balaban J connectivity index is 3.05. The maximum Gasteiger partial charge on any atom is 0.307 e. The number of hydrogen-bond acceptors (Lipinski definition) is 3. The largest absolute Gasteiger partial charge is 0.341 e. The minimum absolute atomic E-state index is 0.218. The maximum absolute atomic E-state index is 13.7. The van der Waals surface area contributed by atoms with Gasteiger partial charge in [0.1, 0.15) is 5.82 Å². The number of halogens is 2. The fourth-order valence-electron chi connectivity index (χ4n) is 1.73. The number of benzene rings is 1. The van der Waals surface area contributed by atoms with Crippen LogP contribution in [0.4, 0.5) is 14.5 Å². The van der Waals surface area contributed by atoms with Gasteiger partial charge in [-0.25, -0.2) is 4.39 Å². The van der Waals surface area contributed by atoms with Gasteiger partial charge in [-0.05, 0) is 12.0 Å². The first-order chi connectivity index (χ1) is 9.27. The average Bonchev–Trinajstić information content (AvgIpc) is 2.39. The van der Waals surface area contributed by atoms with Crippen LogP contribution in [0.1, 0.15) is 30.6 Å². The maximum atomic E-state index is 13.7. The molecular formula is C13H16F2N2O3. The highest BCUT2D eigenvalue weighted by Crippen LogP contribution is 2.22. The third-order valence-electron chi connectivity index (χ3n) is 3.09. The fraction of sp³-hybridized carbons (Fsp3) is 0.462. The topological polar surface area (TPSA) is 63.5 Å². The molecule has 0 aliphatic heterocycles. The van der Waals surface area contributed by atoms with Crippen molar-refractivity contribution in [1.82, 2.24) is 4.90 Å². The van der Waals surface area contributed by atoms with E-state index in [9.17, 15) is 23.7 Å². The Morgan fingerprint density at radius 3 is 2.50 bits per heavy atom. The molecule has 1 rings (SSSR count). The number of amides is 1. The van der Waals surface area contributed by atoms with Gasteiger partial charge in [0.25, 0.3) is 5.91 Å². The minimum Gasteiger partial charge on any atom is -0.341 e. The third-order valence-corrected chi connectivity index (χ3v) is 3.09. The lowest BCUT2D eigenvalue weighted by Gasteiger charge is -2.21. The smallest absolute Gasteiger partial charge is 0.307 e. The van der Waals surface area contributed by atoms with Crippen LogP contribution in [0, 0.1) is 27.7 Å². The van der Waals surface area contributed by atoms with Crippen LogP contribution in [0.2, 0.25) is 0 Å². The van der Waals surface area contributed by atoms with Crippen LogP contribution >= 0.6 is 0 Å². The van der Waals surface area contributed by atoms with Crippen LogP contribution in [-0.2, 0) is 0 Å². The molecule has 0 aliphatic carbocycles. The molecule has 0 fully saturated rings. The molecule has 0 saturated heterocycles. The van der Waals surface area contributed by atoms with E-state index in [-0.39, 0.29) is 5.92 Å². The lowest BCUT2D eigenvalue weighted by atomic mass is 10.1. The van der Waals surface area contributed by atoms with E-state index in [2.05, 4.69) is 0 Å². The van der Waals surface area contributed by atoms with Gasteiger partial charge in [-0.3, -0.25) is 14.9 Å². The van der Waals surface area contributed by atoms with E-state index >= 15 is 0 Å². The van der Waals surface area contributed by atoms with Gasteiger partial charge in [-0.1, -0.05) is 20.3 Å². The number of hydrogen-bond donors (Lipinski definition) is 0. The molecule has 0 bridgehead atoms. The van der Waals surface area contributed by atoms with Gasteiger partial charge >= 0.3 is 5.69 Å². The summed E-state index contributed by atoms with van der Waals surface area (Å²) in [6.07, 6.45) is 0.842. The highest BCUT2D eigenvalue weighted by atomic mass is 19.1. The van der Waals surface area contributed by atoms with E-state index in [0.29, 0.717) is 18.7 Å². The average molecular weight is 286 g/mol. The Kier molecular flexibility index (Phi) is 5.12. The predicted octanol–water partition coefficient (Wildman–Crippen LogP) is 2.99. The molecule has 7 heteroatoms. The summed E-state index contributed by atoms with van der Waals surface area (Å²) in [5.74, 6) is -2.80. The summed E-state index contributed by atoms with van der Waals surface area (Å²) < 4.78 is 27.2. The number of carbonyl (C=O) groups excluding carboxylic acids is 1. The van der Waals surface area contributed by atoms with E-state index in [4.69, 9.17) is 0 Å². The Morgan fingerprint density at radius 2 is 2.00 bits per heavy atom. The molecular weight excluding hydrogens is 270 g/mol. The molecule has 0 heterocycles. The number of carbonyl (C=O) groups is 1. The first-order valence-corrected chi connectivity index (χ1v) is 6.16. The zero-order valence-corrected chi connectivity index (χ0v) is 11.5. The van der Waals surface area contributed by atoms with Crippen LogP contribution in [0.15, 0.2) is 12.1 Å². The normalized spacial score (nSPS) is 12.1. The van der Waals surface area contributed by atoms with Gasteiger partial charge < -0.3 is 4.90 Å². The monoisotopic (exact) mass is 286 g/mol. The number of nitro groups is 1. The zero-order chi connectivity index (χ0) is 15.4. The first kappa shape index (κ1) is 16.0. The summed E-state index contributed by atoms with van der Waals surface area (Å²) in [6.45, 7) is 4.28. The van der Waals surface area contributed by atoms with Gasteiger partial charge in [0.2, 0.25) is 5.82 Å². The Hall–Kier alpha value is -2.05. The fourth-order valence-corrected chi connectivity index (χ4v) is 1.73. The lowest BCUT2D eigenvalue weighted by molar-refractivity contribution is -0.387. The van der Waals surface area contributed by atoms with Crippen LogP contribution in [0.3, 0.4) is 0 Å². The van der Waals surface area contributed by atoms with E-state index in [0.717, 1.165) is 6.42 Å². The van der Waals surface area contributed by atoms with Crippen molar-refractivity contribution in [3.63, 3.8) is 0 Å². The van der Waals surface area contributed by atoms with E-state index in [1.165, 1.54) is 11.9 Å². The molecule has 1 aromatic rings. The summed E-state index contributed by atoms with van der Waals surface area (Å²) in [5, 5.41) is 10.5. The van der Waals surface area contributed by atoms with Gasteiger partial charge in [0, 0.05) is 13.6 Å². The summed E-state index contributed by atoms with van der Waals surface area (Å²) in [5.41, 5.74) is -1.48. The standard InChI is InChI=1S/C13H16F2N2O3/c1-4-8(2)7-16(3)13(18)9-5-11(15)12(17(19)20)6-10(9)14/h5-6,8H,4,7H2,1-3H3. The SMILES string of the molecule is CCC(C)CN(C)C(=O)c1cc(F)c([N+](=O)[O-])cc1F. The van der Waals surface area contributed by atoms with Crippen molar-refractivity contribution in [2.75, 3.05) is 13.6 Å². The molecule has 1 atom stereocenters. The van der Waals surface area contributed by atoms with Gasteiger partial charge in [-0.2, -0.15) is 4.39 Å². The number of rotatable bonds is 5. The van der Waals surface area contributed by atoms with Crippen LogP contribution in [0.5, 0.6) is 0 Å². The number of nitrogens with zero attached hydrogens (tertiary/aromatic N) is 2. The zero-order valence-electron chi connectivity index (χ0n) is 11.5. The van der Waals surface area contributed by atoms with Crippen molar-refractivity contribution < 1.29 is 18.5 Å². The molecule has 1 amide bonds. The van der Waals surface area contributed by atoms with Gasteiger partial charge in [0.15, 0.2) is 0 Å². The van der Waals surface area contributed by atoms with Crippen LogP contribution < -0.4 is 0 Å².